The van der Waals surface area contributed by atoms with E-state index in [2.05, 4.69) is 9.72 Å². The van der Waals surface area contributed by atoms with Crippen LogP contribution in [0.3, 0.4) is 0 Å². The van der Waals surface area contributed by atoms with Crippen molar-refractivity contribution in [2.45, 2.75) is 12.1 Å². The smallest absolute Gasteiger partial charge is 0.422 e. The molecule has 0 aliphatic carbocycles. The fraction of sp³-hybridized carbons (Fsp3) is 0.316. The molecule has 2 aromatic rings. The van der Waals surface area contributed by atoms with Gasteiger partial charge in [-0.05, 0) is 11.6 Å². The maximum absolute atomic E-state index is 12.7. The average molecular weight is 394 g/mol. The minimum Gasteiger partial charge on any atom is -0.481 e. The van der Waals surface area contributed by atoms with Crippen LogP contribution < -0.4 is 4.74 Å². The fourth-order valence-electron chi connectivity index (χ4n) is 3.19. The Balaban J connectivity index is 1.71. The minimum absolute atomic E-state index is 0.0417. The van der Waals surface area contributed by atoms with Gasteiger partial charge in [0.15, 0.2) is 6.61 Å². The van der Waals surface area contributed by atoms with E-state index in [0.29, 0.717) is 0 Å². The molecule has 148 valence electrons. The molecule has 28 heavy (non-hydrogen) atoms. The number of halogens is 3. The molecular formula is C19H17F3N2O4. The molecular weight excluding hydrogens is 377 g/mol. The van der Waals surface area contributed by atoms with E-state index in [1.807, 2.05) is 30.3 Å². The summed E-state index contributed by atoms with van der Waals surface area (Å²) in [4.78, 5) is 29.5. The van der Waals surface area contributed by atoms with E-state index in [4.69, 9.17) is 0 Å². The third-order valence-corrected chi connectivity index (χ3v) is 4.52. The number of benzene rings is 1. The first kappa shape index (κ1) is 19.7. The van der Waals surface area contributed by atoms with Crippen LogP contribution in [0, 0.1) is 5.92 Å². The van der Waals surface area contributed by atoms with E-state index in [1.54, 1.807) is 0 Å². The van der Waals surface area contributed by atoms with Gasteiger partial charge in [-0.1, -0.05) is 30.3 Å². The molecule has 3 rings (SSSR count). The molecule has 2 atom stereocenters. The van der Waals surface area contributed by atoms with Gasteiger partial charge in [0.2, 0.25) is 5.88 Å². The van der Waals surface area contributed by atoms with Crippen LogP contribution in [0.5, 0.6) is 5.88 Å². The van der Waals surface area contributed by atoms with Crippen molar-refractivity contribution in [1.82, 2.24) is 9.88 Å². The Kier molecular flexibility index (Phi) is 5.53. The summed E-state index contributed by atoms with van der Waals surface area (Å²) in [6.45, 7) is -1.20. The van der Waals surface area contributed by atoms with Gasteiger partial charge in [-0.25, -0.2) is 4.98 Å². The highest BCUT2D eigenvalue weighted by atomic mass is 19.4. The van der Waals surface area contributed by atoms with Crippen molar-refractivity contribution in [2.75, 3.05) is 19.7 Å². The molecule has 1 fully saturated rings. The predicted molar refractivity (Wildman–Crippen MR) is 92.0 cm³/mol. The first-order chi connectivity index (χ1) is 13.2. The van der Waals surface area contributed by atoms with Crippen LogP contribution in [-0.2, 0) is 4.79 Å². The number of likely N-dealkylation sites (tertiary alicyclic amines) is 1. The van der Waals surface area contributed by atoms with Crippen LogP contribution in [0.15, 0.2) is 48.7 Å². The molecule has 2 heterocycles. The second-order valence-corrected chi connectivity index (χ2v) is 6.46. The molecule has 1 aliphatic rings. The summed E-state index contributed by atoms with van der Waals surface area (Å²) in [6.07, 6.45) is -3.36. The van der Waals surface area contributed by atoms with Gasteiger partial charge < -0.3 is 14.7 Å². The van der Waals surface area contributed by atoms with Gasteiger partial charge in [0.1, 0.15) is 0 Å². The molecule has 1 aromatic carbocycles. The summed E-state index contributed by atoms with van der Waals surface area (Å²) in [6, 6.07) is 11.6. The summed E-state index contributed by atoms with van der Waals surface area (Å²) in [7, 11) is 0. The summed E-state index contributed by atoms with van der Waals surface area (Å²) in [5.41, 5.74) is 0.983. The van der Waals surface area contributed by atoms with Gasteiger partial charge in [0.05, 0.1) is 11.5 Å². The third kappa shape index (κ3) is 4.59. The number of aromatic nitrogens is 1. The monoisotopic (exact) mass is 394 g/mol. The molecule has 6 nitrogen and oxygen atoms in total. The number of pyridine rings is 1. The van der Waals surface area contributed by atoms with E-state index in [9.17, 15) is 27.9 Å². The van der Waals surface area contributed by atoms with Crippen molar-refractivity contribution in [3.63, 3.8) is 0 Å². The third-order valence-electron chi connectivity index (χ3n) is 4.52. The van der Waals surface area contributed by atoms with E-state index in [1.165, 1.54) is 17.0 Å². The zero-order valence-corrected chi connectivity index (χ0v) is 14.6. The Morgan fingerprint density at radius 2 is 1.86 bits per heavy atom. The molecule has 1 aliphatic heterocycles. The Bertz CT molecular complexity index is 841. The van der Waals surface area contributed by atoms with Crippen molar-refractivity contribution < 1.29 is 32.6 Å². The zero-order chi connectivity index (χ0) is 20.3. The summed E-state index contributed by atoms with van der Waals surface area (Å²) < 4.78 is 41.0. The number of carbonyl (C=O) groups excluding carboxylic acids is 1. The van der Waals surface area contributed by atoms with Gasteiger partial charge >= 0.3 is 12.1 Å². The SMILES string of the molecule is O=C(O)[C@@H]1CN(C(=O)c2ccc(OCC(F)(F)F)nc2)C[C@@H]1c1ccccc1. The number of rotatable bonds is 5. The normalized spacial score (nSPS) is 19.5. The van der Waals surface area contributed by atoms with Crippen molar-refractivity contribution >= 4 is 11.9 Å². The second-order valence-electron chi connectivity index (χ2n) is 6.46. The van der Waals surface area contributed by atoms with Crippen molar-refractivity contribution in [1.29, 1.82) is 0 Å². The number of ether oxygens (including phenoxy) is 1. The van der Waals surface area contributed by atoms with Gasteiger partial charge in [0.25, 0.3) is 5.91 Å². The van der Waals surface area contributed by atoms with E-state index >= 15 is 0 Å². The van der Waals surface area contributed by atoms with E-state index in [-0.39, 0.29) is 30.5 Å². The highest BCUT2D eigenvalue weighted by Crippen LogP contribution is 2.33. The molecule has 0 radical (unpaired) electrons. The first-order valence-corrected chi connectivity index (χ1v) is 8.47. The van der Waals surface area contributed by atoms with Crippen molar-refractivity contribution in [3.8, 4) is 5.88 Å². The van der Waals surface area contributed by atoms with E-state index < -0.39 is 30.6 Å². The molecule has 1 N–H and O–H groups in total. The number of hydrogen-bond acceptors (Lipinski definition) is 4. The molecule has 0 spiro atoms. The lowest BCUT2D eigenvalue weighted by atomic mass is 9.89. The maximum atomic E-state index is 12.7. The number of nitrogens with zero attached hydrogens (tertiary/aromatic N) is 2. The van der Waals surface area contributed by atoms with Crippen molar-refractivity contribution in [2.24, 2.45) is 5.92 Å². The van der Waals surface area contributed by atoms with Crippen LogP contribution >= 0.6 is 0 Å². The molecule has 1 amide bonds. The number of carboxylic acid groups (broad SMARTS) is 1. The molecule has 9 heteroatoms. The molecule has 0 unspecified atom stereocenters. The van der Waals surface area contributed by atoms with Crippen LogP contribution in [0.4, 0.5) is 13.2 Å². The van der Waals surface area contributed by atoms with Gasteiger partial charge in [0, 0.05) is 31.3 Å². The standard InChI is InChI=1S/C19H17F3N2O4/c20-19(21,22)11-28-16-7-6-13(8-23-16)17(25)24-9-14(15(10-24)18(26)27)12-4-2-1-3-5-12/h1-8,14-15H,9-11H2,(H,26,27)/t14-,15-/m1/s1. The molecule has 0 bridgehead atoms. The van der Waals surface area contributed by atoms with Crippen LogP contribution in [-0.4, -0.2) is 52.7 Å². The van der Waals surface area contributed by atoms with Gasteiger partial charge in [-0.15, -0.1) is 0 Å². The molecule has 1 aromatic heterocycles. The summed E-state index contributed by atoms with van der Waals surface area (Å²) in [5, 5.41) is 9.52. The lowest BCUT2D eigenvalue weighted by molar-refractivity contribution is -0.154. The quantitative estimate of drug-likeness (QED) is 0.844. The zero-order valence-electron chi connectivity index (χ0n) is 14.6. The van der Waals surface area contributed by atoms with E-state index in [0.717, 1.165) is 11.8 Å². The number of carboxylic acids is 1. The summed E-state index contributed by atoms with van der Waals surface area (Å²) >= 11 is 0. The first-order valence-electron chi connectivity index (χ1n) is 8.47. The number of amides is 1. The molecule has 1 saturated heterocycles. The van der Waals surface area contributed by atoms with Crippen molar-refractivity contribution in [3.05, 3.63) is 59.8 Å². The van der Waals surface area contributed by atoms with Crippen LogP contribution in [0.2, 0.25) is 0 Å². The maximum Gasteiger partial charge on any atom is 0.422 e. The second kappa shape index (κ2) is 7.87. The molecule has 0 saturated carbocycles. The Morgan fingerprint density at radius 1 is 1.14 bits per heavy atom. The Hall–Kier alpha value is -3.10. The highest BCUT2D eigenvalue weighted by molar-refractivity contribution is 5.94. The fourth-order valence-corrected chi connectivity index (χ4v) is 3.19. The number of aliphatic carboxylic acids is 1. The Morgan fingerprint density at radius 3 is 2.43 bits per heavy atom. The predicted octanol–water partition coefficient (Wildman–Crippen LogP) is 2.96. The topological polar surface area (TPSA) is 79.7 Å². The number of hydrogen-bond donors (Lipinski definition) is 1. The average Bonchev–Trinajstić information content (AvgIpc) is 3.12. The Labute approximate surface area is 158 Å². The van der Waals surface area contributed by atoms with Crippen LogP contribution in [0.1, 0.15) is 21.8 Å². The largest absolute Gasteiger partial charge is 0.481 e. The number of carbonyl (C=O) groups is 2. The highest BCUT2D eigenvalue weighted by Gasteiger charge is 2.40. The van der Waals surface area contributed by atoms with Crippen LogP contribution in [0.25, 0.3) is 0 Å². The lowest BCUT2D eigenvalue weighted by Gasteiger charge is -2.16. The van der Waals surface area contributed by atoms with Gasteiger partial charge in [-0.2, -0.15) is 13.2 Å². The minimum atomic E-state index is -4.48. The lowest BCUT2D eigenvalue weighted by Crippen LogP contribution is -2.30. The summed E-state index contributed by atoms with van der Waals surface area (Å²) in [5.74, 6) is -2.75. The number of alkyl halides is 3. The van der Waals surface area contributed by atoms with Gasteiger partial charge in [-0.3, -0.25) is 9.59 Å².